The van der Waals surface area contributed by atoms with Gasteiger partial charge in [0.2, 0.25) is 10.0 Å². The molecule has 0 saturated heterocycles. The van der Waals surface area contributed by atoms with Crippen LogP contribution in [0, 0.1) is 5.92 Å². The van der Waals surface area contributed by atoms with Crippen LogP contribution in [0.2, 0.25) is 0 Å². The van der Waals surface area contributed by atoms with Crippen molar-refractivity contribution in [2.24, 2.45) is 11.1 Å². The predicted molar refractivity (Wildman–Crippen MR) is 78.4 cm³/mol. The first-order chi connectivity index (χ1) is 9.70. The van der Waals surface area contributed by atoms with Crippen LogP contribution in [0.3, 0.4) is 0 Å². The number of ether oxygens (including phenoxy) is 1. The van der Waals surface area contributed by atoms with Crippen LogP contribution in [0.1, 0.15) is 56.6 Å². The monoisotopic (exact) mass is 314 g/mol. The van der Waals surface area contributed by atoms with Crippen molar-refractivity contribution in [1.82, 2.24) is 4.57 Å². The summed E-state index contributed by atoms with van der Waals surface area (Å²) in [6, 6.07) is 1.46. The second-order valence-electron chi connectivity index (χ2n) is 5.95. The van der Waals surface area contributed by atoms with Crippen molar-refractivity contribution in [1.29, 1.82) is 0 Å². The Labute approximate surface area is 125 Å². The minimum atomic E-state index is -3.83. The Kier molecular flexibility index (Phi) is 4.43. The zero-order valence-electron chi connectivity index (χ0n) is 12.6. The zero-order chi connectivity index (χ0) is 15.8. The quantitative estimate of drug-likeness (QED) is 0.842. The first-order valence-corrected chi connectivity index (χ1v) is 8.70. The third kappa shape index (κ3) is 3.47. The highest BCUT2D eigenvalue weighted by Gasteiger charge is 2.28. The molecule has 1 fully saturated rings. The van der Waals surface area contributed by atoms with Gasteiger partial charge < -0.3 is 9.30 Å². The van der Waals surface area contributed by atoms with Crippen molar-refractivity contribution in [3.63, 3.8) is 0 Å². The number of nitrogens with zero attached hydrogens (tertiary/aromatic N) is 1. The molecule has 0 bridgehead atoms. The zero-order valence-corrected chi connectivity index (χ0v) is 13.4. The molecule has 0 radical (unpaired) electrons. The molecule has 1 unspecified atom stereocenters. The lowest BCUT2D eigenvalue weighted by Crippen LogP contribution is -2.25. The number of primary sulfonamides is 1. The molecule has 1 aliphatic rings. The molecular formula is C14H22N2O4S. The van der Waals surface area contributed by atoms with Crippen LogP contribution < -0.4 is 5.14 Å². The maximum Gasteiger partial charge on any atom is 0.355 e. The summed E-state index contributed by atoms with van der Waals surface area (Å²) in [5.41, 5.74) is 0.260. The lowest BCUT2D eigenvalue weighted by Gasteiger charge is -2.29. The highest BCUT2D eigenvalue weighted by molar-refractivity contribution is 7.89. The Bertz CT molecular complexity index is 629. The summed E-state index contributed by atoms with van der Waals surface area (Å²) in [4.78, 5) is 12.2. The van der Waals surface area contributed by atoms with Gasteiger partial charge in [-0.25, -0.2) is 18.4 Å². The number of aromatic nitrogens is 1. The van der Waals surface area contributed by atoms with E-state index >= 15 is 0 Å². The van der Waals surface area contributed by atoms with Crippen LogP contribution in [0.5, 0.6) is 0 Å². The molecule has 0 spiro atoms. The molecule has 21 heavy (non-hydrogen) atoms. The molecule has 1 heterocycles. The fourth-order valence-corrected chi connectivity index (χ4v) is 2.64. The number of hydrogen-bond donors (Lipinski definition) is 1. The summed E-state index contributed by atoms with van der Waals surface area (Å²) in [6.45, 7) is 5.73. The van der Waals surface area contributed by atoms with Crippen molar-refractivity contribution < 1.29 is 17.9 Å². The Morgan fingerprint density at radius 1 is 1.38 bits per heavy atom. The molecular weight excluding hydrogens is 292 g/mol. The van der Waals surface area contributed by atoms with Gasteiger partial charge >= 0.3 is 5.97 Å². The van der Waals surface area contributed by atoms with Crippen LogP contribution in [-0.4, -0.2) is 25.1 Å². The summed E-state index contributed by atoms with van der Waals surface area (Å²) in [6.07, 6.45) is 4.14. The van der Waals surface area contributed by atoms with Gasteiger partial charge in [0.05, 0.1) is 0 Å². The van der Waals surface area contributed by atoms with E-state index in [-0.39, 0.29) is 28.7 Å². The molecule has 0 amide bonds. The lowest BCUT2D eigenvalue weighted by molar-refractivity contribution is 0.0220. The first kappa shape index (κ1) is 16.0. The van der Waals surface area contributed by atoms with E-state index in [0.29, 0.717) is 0 Å². The SMILES string of the molecule is CC(C)C(C)OC(=O)c1cc(S(N)(=O)=O)cn1C1CCC1. The molecule has 118 valence electrons. The second-order valence-corrected chi connectivity index (χ2v) is 7.51. The Hall–Kier alpha value is -1.34. The maximum absolute atomic E-state index is 12.3. The highest BCUT2D eigenvalue weighted by atomic mass is 32.2. The summed E-state index contributed by atoms with van der Waals surface area (Å²) < 4.78 is 30.1. The molecule has 1 aromatic heterocycles. The summed E-state index contributed by atoms with van der Waals surface area (Å²) in [5, 5.41) is 5.16. The standard InChI is InChI=1S/C14H22N2O4S/c1-9(2)10(3)20-14(17)13-7-12(21(15,18)19)8-16(13)11-5-4-6-11/h7-11H,4-6H2,1-3H3,(H2,15,18,19). The minimum Gasteiger partial charge on any atom is -0.458 e. The van der Waals surface area contributed by atoms with Gasteiger partial charge in [-0.15, -0.1) is 0 Å². The Morgan fingerprint density at radius 3 is 2.43 bits per heavy atom. The number of rotatable bonds is 5. The van der Waals surface area contributed by atoms with E-state index in [9.17, 15) is 13.2 Å². The van der Waals surface area contributed by atoms with E-state index in [2.05, 4.69) is 0 Å². The third-order valence-corrected chi connectivity index (χ3v) is 4.94. The summed E-state index contributed by atoms with van der Waals surface area (Å²) >= 11 is 0. The lowest BCUT2D eigenvalue weighted by atomic mass is 9.93. The van der Waals surface area contributed by atoms with Gasteiger partial charge in [-0.05, 0) is 38.2 Å². The number of nitrogens with two attached hydrogens (primary N) is 1. The van der Waals surface area contributed by atoms with Gasteiger partial charge in [0.1, 0.15) is 16.7 Å². The van der Waals surface area contributed by atoms with Crippen molar-refractivity contribution in [3.8, 4) is 0 Å². The van der Waals surface area contributed by atoms with Crippen LogP contribution in [-0.2, 0) is 14.8 Å². The topological polar surface area (TPSA) is 91.4 Å². The van der Waals surface area contributed by atoms with Crippen molar-refractivity contribution in [2.75, 3.05) is 0 Å². The van der Waals surface area contributed by atoms with E-state index in [1.54, 1.807) is 4.57 Å². The number of carbonyl (C=O) groups is 1. The highest BCUT2D eigenvalue weighted by Crippen LogP contribution is 2.34. The van der Waals surface area contributed by atoms with Gasteiger partial charge in [-0.3, -0.25) is 0 Å². The fraction of sp³-hybridized carbons (Fsp3) is 0.643. The van der Waals surface area contributed by atoms with Gasteiger partial charge in [0.25, 0.3) is 0 Å². The first-order valence-electron chi connectivity index (χ1n) is 7.16. The van der Waals surface area contributed by atoms with E-state index in [1.807, 2.05) is 20.8 Å². The smallest absolute Gasteiger partial charge is 0.355 e. The fourth-order valence-electron chi connectivity index (χ4n) is 2.11. The van der Waals surface area contributed by atoms with E-state index < -0.39 is 16.0 Å². The van der Waals surface area contributed by atoms with Gasteiger partial charge in [0.15, 0.2) is 0 Å². The number of esters is 1. The Morgan fingerprint density at radius 2 is 2.00 bits per heavy atom. The van der Waals surface area contributed by atoms with Crippen molar-refractivity contribution in [3.05, 3.63) is 18.0 Å². The van der Waals surface area contributed by atoms with E-state index in [1.165, 1.54) is 12.3 Å². The van der Waals surface area contributed by atoms with E-state index in [4.69, 9.17) is 9.88 Å². The summed E-state index contributed by atoms with van der Waals surface area (Å²) in [7, 11) is -3.83. The second kappa shape index (κ2) is 5.81. The molecule has 0 aromatic carbocycles. The molecule has 1 aromatic rings. The molecule has 1 aliphatic carbocycles. The molecule has 2 N–H and O–H groups in total. The van der Waals surface area contributed by atoms with Gasteiger partial charge in [0, 0.05) is 12.2 Å². The predicted octanol–water partition coefficient (Wildman–Crippen LogP) is 2.06. The van der Waals surface area contributed by atoms with Crippen molar-refractivity contribution in [2.45, 2.75) is 57.1 Å². The number of hydrogen-bond acceptors (Lipinski definition) is 4. The minimum absolute atomic E-state index is 0.0430. The van der Waals surface area contributed by atoms with Gasteiger partial charge in [-0.1, -0.05) is 13.8 Å². The number of carbonyl (C=O) groups excluding carboxylic acids is 1. The molecule has 0 aliphatic heterocycles. The largest absolute Gasteiger partial charge is 0.458 e. The molecule has 1 atom stereocenters. The third-order valence-electron chi connectivity index (χ3n) is 4.06. The van der Waals surface area contributed by atoms with Crippen molar-refractivity contribution >= 4 is 16.0 Å². The molecule has 6 nitrogen and oxygen atoms in total. The van der Waals surface area contributed by atoms with Crippen LogP contribution in [0.25, 0.3) is 0 Å². The van der Waals surface area contributed by atoms with Crippen LogP contribution >= 0.6 is 0 Å². The number of sulfonamides is 1. The molecule has 2 rings (SSSR count). The average Bonchev–Trinajstić information content (AvgIpc) is 2.70. The summed E-state index contributed by atoms with van der Waals surface area (Å²) in [5.74, 6) is -0.309. The normalized spacial score (nSPS) is 17.6. The van der Waals surface area contributed by atoms with Crippen LogP contribution in [0.4, 0.5) is 0 Å². The molecule has 1 saturated carbocycles. The maximum atomic E-state index is 12.3. The average molecular weight is 314 g/mol. The Balaban J connectivity index is 2.32. The van der Waals surface area contributed by atoms with Crippen LogP contribution in [0.15, 0.2) is 17.2 Å². The molecule has 7 heteroatoms. The van der Waals surface area contributed by atoms with E-state index in [0.717, 1.165) is 19.3 Å². The van der Waals surface area contributed by atoms with Gasteiger partial charge in [-0.2, -0.15) is 0 Å².